The van der Waals surface area contributed by atoms with E-state index in [2.05, 4.69) is 5.32 Å². The van der Waals surface area contributed by atoms with E-state index >= 15 is 0 Å². The monoisotopic (exact) mass is 472 g/mol. The van der Waals surface area contributed by atoms with E-state index in [0.717, 1.165) is 15.4 Å². The summed E-state index contributed by atoms with van der Waals surface area (Å²) in [5.41, 5.74) is 3.33. The zero-order chi connectivity index (χ0) is 23.5. The fourth-order valence-corrected chi connectivity index (χ4v) is 5.03. The molecule has 0 fully saturated rings. The molecule has 0 radical (unpaired) electrons. The van der Waals surface area contributed by atoms with Gasteiger partial charge in [-0.3, -0.25) is 9.10 Å². The number of methoxy groups -OCH3 is 1. The number of hydrogen-bond donors (Lipinski definition) is 1. The van der Waals surface area contributed by atoms with Crippen LogP contribution in [0.4, 0.5) is 11.4 Å². The van der Waals surface area contributed by atoms with Gasteiger partial charge >= 0.3 is 0 Å². The molecule has 0 saturated heterocycles. The number of carbonyl (C=O) groups excluding carboxylic acids is 1. The van der Waals surface area contributed by atoms with Crippen LogP contribution in [0.1, 0.15) is 16.7 Å². The highest BCUT2D eigenvalue weighted by atomic mass is 35.5. The second kappa shape index (κ2) is 9.63. The van der Waals surface area contributed by atoms with Crippen LogP contribution < -0.4 is 14.4 Å². The van der Waals surface area contributed by atoms with E-state index in [1.807, 2.05) is 6.92 Å². The number of nitrogens with zero attached hydrogens (tertiary/aromatic N) is 1. The number of ether oxygens (including phenoxy) is 1. The van der Waals surface area contributed by atoms with Gasteiger partial charge in [0.05, 0.1) is 12.8 Å². The Morgan fingerprint density at radius 2 is 1.66 bits per heavy atom. The number of amides is 1. The van der Waals surface area contributed by atoms with Gasteiger partial charge in [-0.05, 0) is 68.3 Å². The maximum atomic E-state index is 13.7. The molecule has 3 rings (SSSR count). The molecular weight excluding hydrogens is 448 g/mol. The van der Waals surface area contributed by atoms with Crippen LogP contribution >= 0.6 is 11.6 Å². The Hall–Kier alpha value is -3.03. The lowest BCUT2D eigenvalue weighted by atomic mass is 10.2. The molecule has 0 aliphatic rings. The molecule has 0 aliphatic carbocycles. The quantitative estimate of drug-likeness (QED) is 0.518. The molecule has 0 heterocycles. The van der Waals surface area contributed by atoms with Gasteiger partial charge in [0, 0.05) is 10.7 Å². The van der Waals surface area contributed by atoms with E-state index < -0.39 is 22.5 Å². The van der Waals surface area contributed by atoms with Crippen LogP contribution in [0, 0.1) is 20.8 Å². The normalized spacial score (nSPS) is 11.2. The Labute approximate surface area is 193 Å². The van der Waals surface area contributed by atoms with Crippen LogP contribution in [0.5, 0.6) is 5.75 Å². The van der Waals surface area contributed by atoms with E-state index in [1.54, 1.807) is 68.4 Å². The second-order valence-electron chi connectivity index (χ2n) is 7.46. The molecule has 0 aromatic heterocycles. The van der Waals surface area contributed by atoms with Crippen molar-refractivity contribution in [1.29, 1.82) is 0 Å². The van der Waals surface area contributed by atoms with Gasteiger partial charge in [-0.15, -0.1) is 0 Å². The third-order valence-corrected chi connectivity index (χ3v) is 7.24. The first kappa shape index (κ1) is 23.6. The van der Waals surface area contributed by atoms with Crippen molar-refractivity contribution in [2.45, 2.75) is 25.7 Å². The Kier molecular flexibility index (Phi) is 7.11. The molecular formula is C24H25ClN2O4S. The number of anilines is 2. The molecule has 8 heteroatoms. The largest absolute Gasteiger partial charge is 0.495 e. The van der Waals surface area contributed by atoms with Gasteiger partial charge in [-0.1, -0.05) is 41.4 Å². The lowest BCUT2D eigenvalue weighted by Crippen LogP contribution is -2.38. The molecule has 1 amide bonds. The van der Waals surface area contributed by atoms with Gasteiger partial charge in [0.15, 0.2) is 0 Å². The van der Waals surface area contributed by atoms with Gasteiger partial charge in [0.25, 0.3) is 10.0 Å². The van der Waals surface area contributed by atoms with Crippen molar-refractivity contribution in [2.75, 3.05) is 23.3 Å². The van der Waals surface area contributed by atoms with Crippen molar-refractivity contribution < 1.29 is 17.9 Å². The van der Waals surface area contributed by atoms with Crippen molar-refractivity contribution >= 4 is 38.9 Å². The number of rotatable bonds is 7. The molecule has 0 atom stereocenters. The summed E-state index contributed by atoms with van der Waals surface area (Å²) < 4.78 is 33.8. The summed E-state index contributed by atoms with van der Waals surface area (Å²) in [5.74, 6) is -0.287. The average Bonchev–Trinajstić information content (AvgIpc) is 2.76. The smallest absolute Gasteiger partial charge is 0.268 e. The first-order valence-electron chi connectivity index (χ1n) is 9.92. The first-order valence-corrected chi connectivity index (χ1v) is 11.7. The Morgan fingerprint density at radius 3 is 2.31 bits per heavy atom. The lowest BCUT2D eigenvalue weighted by molar-refractivity contribution is -0.114. The average molecular weight is 473 g/mol. The molecule has 168 valence electrons. The summed E-state index contributed by atoms with van der Waals surface area (Å²) >= 11 is 6.14. The number of aryl methyl sites for hydroxylation is 2. The van der Waals surface area contributed by atoms with Crippen LogP contribution in [0.15, 0.2) is 65.6 Å². The Balaban J connectivity index is 2.03. The first-order chi connectivity index (χ1) is 15.1. The van der Waals surface area contributed by atoms with Crippen LogP contribution in [0.3, 0.4) is 0 Å². The Morgan fingerprint density at radius 1 is 1.00 bits per heavy atom. The number of hydrogen-bond acceptors (Lipinski definition) is 4. The van der Waals surface area contributed by atoms with Crippen molar-refractivity contribution in [3.63, 3.8) is 0 Å². The van der Waals surface area contributed by atoms with Gasteiger partial charge < -0.3 is 10.1 Å². The predicted molar refractivity (Wildman–Crippen MR) is 128 cm³/mol. The van der Waals surface area contributed by atoms with Crippen LogP contribution in [-0.2, 0) is 14.8 Å². The minimum Gasteiger partial charge on any atom is -0.495 e. The predicted octanol–water partition coefficient (Wildman–Crippen LogP) is 5.11. The fourth-order valence-electron chi connectivity index (χ4n) is 3.19. The lowest BCUT2D eigenvalue weighted by Gasteiger charge is -2.25. The number of benzene rings is 3. The minimum atomic E-state index is -4.12. The molecule has 3 aromatic rings. The molecule has 32 heavy (non-hydrogen) atoms. The molecule has 6 nitrogen and oxygen atoms in total. The SMILES string of the molecule is COc1ccc(C)cc1S(=O)(=O)N(CC(=O)Nc1cccc(Cl)c1C)c1ccc(C)cc1. The minimum absolute atomic E-state index is 0.00712. The van der Waals surface area contributed by atoms with Crippen LogP contribution in [0.25, 0.3) is 0 Å². The van der Waals surface area contributed by atoms with Crippen molar-refractivity contribution in [3.8, 4) is 5.75 Å². The summed E-state index contributed by atoms with van der Waals surface area (Å²) in [6.45, 7) is 5.06. The topological polar surface area (TPSA) is 75.7 Å². The maximum absolute atomic E-state index is 13.7. The van der Waals surface area contributed by atoms with Crippen molar-refractivity contribution in [1.82, 2.24) is 0 Å². The molecule has 0 spiro atoms. The van der Waals surface area contributed by atoms with Gasteiger partial charge in [0.1, 0.15) is 17.2 Å². The maximum Gasteiger partial charge on any atom is 0.268 e. The molecule has 3 aromatic carbocycles. The van der Waals surface area contributed by atoms with E-state index in [1.165, 1.54) is 13.2 Å². The summed E-state index contributed by atoms with van der Waals surface area (Å²) in [4.78, 5) is 12.9. The van der Waals surface area contributed by atoms with E-state index in [4.69, 9.17) is 16.3 Å². The molecule has 0 bridgehead atoms. The zero-order valence-electron chi connectivity index (χ0n) is 18.3. The van der Waals surface area contributed by atoms with Crippen molar-refractivity contribution in [2.24, 2.45) is 0 Å². The number of sulfonamides is 1. The number of halogens is 1. The highest BCUT2D eigenvalue weighted by Gasteiger charge is 2.30. The number of nitrogens with one attached hydrogen (secondary N) is 1. The molecule has 0 saturated carbocycles. The molecule has 0 unspecified atom stereocenters. The second-order valence-corrected chi connectivity index (χ2v) is 9.70. The van der Waals surface area contributed by atoms with Crippen molar-refractivity contribution in [3.05, 3.63) is 82.4 Å². The standard InChI is InChI=1S/C24H25ClN2O4S/c1-16-8-11-19(12-9-16)27(15-24(28)26-21-7-5-6-20(25)18(21)3)32(29,30)23-14-17(2)10-13-22(23)31-4/h5-14H,15H2,1-4H3,(H,26,28). The van der Waals surface area contributed by atoms with Crippen LogP contribution in [-0.4, -0.2) is 28.0 Å². The summed E-state index contributed by atoms with van der Waals surface area (Å²) in [6, 6.07) is 17.0. The fraction of sp³-hybridized carbons (Fsp3) is 0.208. The summed E-state index contributed by atoms with van der Waals surface area (Å²) in [5, 5.41) is 3.27. The van der Waals surface area contributed by atoms with Gasteiger partial charge in [0.2, 0.25) is 5.91 Å². The van der Waals surface area contributed by atoms with Gasteiger partial charge in [-0.2, -0.15) is 0 Å². The van der Waals surface area contributed by atoms with Crippen LogP contribution in [0.2, 0.25) is 5.02 Å². The third-order valence-electron chi connectivity index (χ3n) is 5.04. The summed E-state index contributed by atoms with van der Waals surface area (Å²) in [6.07, 6.45) is 0. The Bertz CT molecular complexity index is 1240. The van der Waals surface area contributed by atoms with E-state index in [0.29, 0.717) is 22.0 Å². The zero-order valence-corrected chi connectivity index (χ0v) is 19.9. The highest BCUT2D eigenvalue weighted by Crippen LogP contribution is 2.31. The van der Waals surface area contributed by atoms with E-state index in [-0.39, 0.29) is 10.6 Å². The van der Waals surface area contributed by atoms with E-state index in [9.17, 15) is 13.2 Å². The highest BCUT2D eigenvalue weighted by molar-refractivity contribution is 7.93. The molecule has 1 N–H and O–H groups in total. The molecule has 0 aliphatic heterocycles. The third kappa shape index (κ3) is 5.06. The number of carbonyl (C=O) groups is 1. The summed E-state index contributed by atoms with van der Waals surface area (Å²) in [7, 11) is -2.71. The van der Waals surface area contributed by atoms with Gasteiger partial charge in [-0.25, -0.2) is 8.42 Å².